The van der Waals surface area contributed by atoms with Crippen molar-refractivity contribution in [2.24, 2.45) is 0 Å². The molecule has 0 bridgehead atoms. The second kappa shape index (κ2) is 13.6. The molecule has 1 aromatic heterocycles. The fraction of sp³-hybridized carbons (Fsp3) is 0.300. The Morgan fingerprint density at radius 1 is 0.955 bits per heavy atom. The summed E-state index contributed by atoms with van der Waals surface area (Å²) >= 11 is 18.6. The Balaban J connectivity index is 0.993. The molecule has 2 saturated heterocycles. The molecular formula is C30H29Cl3N6O5. The Morgan fingerprint density at radius 2 is 1.68 bits per heavy atom. The molecule has 3 heterocycles. The lowest BCUT2D eigenvalue weighted by Crippen LogP contribution is -2.54. The highest BCUT2D eigenvalue weighted by Gasteiger charge is 2.45. The van der Waals surface area contributed by atoms with Gasteiger partial charge in [-0.15, -0.1) is 0 Å². The average molecular weight is 660 g/mol. The van der Waals surface area contributed by atoms with E-state index in [0.29, 0.717) is 51.8 Å². The summed E-state index contributed by atoms with van der Waals surface area (Å²) in [5.41, 5.74) is 4.50. The first kappa shape index (κ1) is 30.4. The normalized spacial score (nSPS) is 20.4. The predicted octanol–water partition coefficient (Wildman–Crippen LogP) is 5.41. The first-order chi connectivity index (χ1) is 21.3. The number of halogens is 3. The zero-order valence-corrected chi connectivity index (χ0v) is 25.7. The van der Waals surface area contributed by atoms with E-state index < -0.39 is 11.9 Å². The topological polar surface area (TPSA) is 103 Å². The minimum absolute atomic E-state index is 0.256. The number of nitrogens with one attached hydrogen (secondary N) is 1. The maximum atomic E-state index is 12.2. The number of aromatic nitrogens is 3. The number of hydrogen-bond donors (Lipinski definition) is 1. The molecule has 0 radical (unpaired) electrons. The van der Waals surface area contributed by atoms with Gasteiger partial charge in [0.25, 0.3) is 0 Å². The minimum atomic E-state index is -1.17. The Hall–Kier alpha value is -3.58. The third-order valence-corrected chi connectivity index (χ3v) is 8.03. The maximum absolute atomic E-state index is 12.2. The number of anilines is 1. The Kier molecular flexibility index (Phi) is 9.41. The smallest absolute Gasteiger partial charge is 0.427 e. The molecule has 0 aliphatic carbocycles. The molecule has 230 valence electrons. The molecule has 2 aliphatic heterocycles. The first-order valence-corrected chi connectivity index (χ1v) is 15.1. The van der Waals surface area contributed by atoms with Crippen LogP contribution in [0.25, 0.3) is 0 Å². The fourth-order valence-corrected chi connectivity index (χ4v) is 5.74. The molecule has 44 heavy (non-hydrogen) atoms. The zero-order chi connectivity index (χ0) is 30.5. The van der Waals surface area contributed by atoms with Gasteiger partial charge in [0.15, 0.2) is 0 Å². The Morgan fingerprint density at radius 3 is 2.39 bits per heavy atom. The lowest BCUT2D eigenvalue weighted by atomic mass is 10.1. The summed E-state index contributed by atoms with van der Waals surface area (Å²) in [5.74, 6) is -0.0329. The van der Waals surface area contributed by atoms with Crippen LogP contribution in [-0.2, 0) is 21.8 Å². The van der Waals surface area contributed by atoms with E-state index in [9.17, 15) is 4.79 Å². The minimum Gasteiger partial charge on any atom is -0.491 e. The van der Waals surface area contributed by atoms with Crippen molar-refractivity contribution in [1.29, 1.82) is 0 Å². The van der Waals surface area contributed by atoms with Crippen LogP contribution in [0.5, 0.6) is 11.5 Å². The van der Waals surface area contributed by atoms with Gasteiger partial charge in [0.05, 0.1) is 11.6 Å². The van der Waals surface area contributed by atoms with Crippen molar-refractivity contribution in [3.8, 4) is 11.5 Å². The standard InChI is InChI=1S/C30H29Cl3N6O5/c31-21-1-6-25(7-2-21)43-29(40)36-38-13-11-37(12-14-38)23-4-8-24(9-5-23)41-16-26-17-42-30(44-26,18-39-20-34-19-35-39)27-10-3-22(32)15-28(27)33/h1-10,15,19-20,26H,11-14,16-18H2,(H,36,40)/t26-,30-/m1/s1. The van der Waals surface area contributed by atoms with E-state index in [1.807, 2.05) is 29.3 Å². The fourth-order valence-electron chi connectivity index (χ4n) is 5.06. The number of benzene rings is 3. The van der Waals surface area contributed by atoms with Gasteiger partial charge in [-0.1, -0.05) is 40.9 Å². The molecule has 3 aromatic carbocycles. The van der Waals surface area contributed by atoms with E-state index in [4.69, 9.17) is 53.8 Å². The van der Waals surface area contributed by atoms with E-state index >= 15 is 0 Å². The van der Waals surface area contributed by atoms with Gasteiger partial charge in [-0.3, -0.25) is 5.43 Å². The lowest BCUT2D eigenvalue weighted by Gasteiger charge is -2.35. The maximum Gasteiger partial charge on any atom is 0.427 e. The third-order valence-electron chi connectivity index (χ3n) is 7.23. The highest BCUT2D eigenvalue weighted by molar-refractivity contribution is 6.35. The molecule has 1 amide bonds. The quantitative estimate of drug-likeness (QED) is 0.253. The number of carbonyl (C=O) groups excluding carboxylic acids is 1. The number of nitrogens with zero attached hydrogens (tertiary/aromatic N) is 5. The van der Waals surface area contributed by atoms with Crippen molar-refractivity contribution in [3.63, 3.8) is 0 Å². The SMILES string of the molecule is O=C(NN1CCN(c2ccc(OC[C@@H]3CO[C@@](Cn4cncn4)(c4ccc(Cl)cc4Cl)O3)cc2)CC1)Oc1ccc(Cl)cc1. The van der Waals surface area contributed by atoms with Crippen molar-refractivity contribution in [2.45, 2.75) is 18.4 Å². The van der Waals surface area contributed by atoms with Crippen LogP contribution in [0.15, 0.2) is 79.4 Å². The van der Waals surface area contributed by atoms with Crippen LogP contribution < -0.4 is 19.8 Å². The summed E-state index contributed by atoms with van der Waals surface area (Å²) in [7, 11) is 0. The molecule has 6 rings (SSSR count). The molecule has 14 heteroatoms. The van der Waals surface area contributed by atoms with Crippen LogP contribution in [0, 0.1) is 0 Å². The van der Waals surface area contributed by atoms with E-state index in [-0.39, 0.29) is 19.3 Å². The molecule has 0 unspecified atom stereocenters. The highest BCUT2D eigenvalue weighted by atomic mass is 35.5. The Bertz CT molecular complexity index is 1550. The summed E-state index contributed by atoms with van der Waals surface area (Å²) in [6.45, 7) is 3.58. The van der Waals surface area contributed by atoms with Crippen molar-refractivity contribution in [2.75, 3.05) is 44.3 Å². The van der Waals surface area contributed by atoms with Gasteiger partial charge in [0.1, 0.15) is 43.4 Å². The molecular weight excluding hydrogens is 631 g/mol. The van der Waals surface area contributed by atoms with E-state index in [1.165, 1.54) is 6.33 Å². The predicted molar refractivity (Wildman–Crippen MR) is 165 cm³/mol. The van der Waals surface area contributed by atoms with Crippen LogP contribution in [-0.4, -0.2) is 71.4 Å². The van der Waals surface area contributed by atoms with Crippen LogP contribution in [0.3, 0.4) is 0 Å². The summed E-state index contributed by atoms with van der Waals surface area (Å²) < 4.78 is 25.7. The van der Waals surface area contributed by atoms with E-state index in [0.717, 1.165) is 18.8 Å². The van der Waals surface area contributed by atoms with Crippen molar-refractivity contribution in [1.82, 2.24) is 25.2 Å². The van der Waals surface area contributed by atoms with Crippen LogP contribution in [0.4, 0.5) is 10.5 Å². The number of amides is 1. The number of ether oxygens (including phenoxy) is 4. The van der Waals surface area contributed by atoms with Crippen LogP contribution in [0.2, 0.25) is 15.1 Å². The van der Waals surface area contributed by atoms with Crippen LogP contribution >= 0.6 is 34.8 Å². The van der Waals surface area contributed by atoms with Gasteiger partial charge in [-0.25, -0.2) is 19.5 Å². The van der Waals surface area contributed by atoms with Gasteiger partial charge in [-0.2, -0.15) is 5.10 Å². The van der Waals surface area contributed by atoms with E-state index in [1.54, 1.807) is 53.5 Å². The van der Waals surface area contributed by atoms with Gasteiger partial charge < -0.3 is 23.8 Å². The molecule has 2 atom stereocenters. The second-order valence-corrected chi connectivity index (χ2v) is 11.5. The van der Waals surface area contributed by atoms with Gasteiger partial charge in [-0.05, 0) is 60.7 Å². The summed E-state index contributed by atoms with van der Waals surface area (Å²) in [6, 6.07) is 19.7. The summed E-state index contributed by atoms with van der Waals surface area (Å²) in [6.07, 6.45) is 2.16. The zero-order valence-electron chi connectivity index (χ0n) is 23.4. The molecule has 2 fully saturated rings. The van der Waals surface area contributed by atoms with Crippen LogP contribution in [0.1, 0.15) is 5.56 Å². The monoisotopic (exact) mass is 658 g/mol. The number of hydrazine groups is 1. The number of carbonyl (C=O) groups is 1. The van der Waals surface area contributed by atoms with E-state index in [2.05, 4.69) is 20.4 Å². The molecule has 4 aromatic rings. The third kappa shape index (κ3) is 7.37. The molecule has 1 N–H and O–H groups in total. The number of piperazine rings is 1. The Labute approximate surface area is 269 Å². The summed E-state index contributed by atoms with van der Waals surface area (Å²) in [4.78, 5) is 18.5. The average Bonchev–Trinajstić information content (AvgIpc) is 3.68. The highest BCUT2D eigenvalue weighted by Crippen LogP contribution is 2.40. The first-order valence-electron chi connectivity index (χ1n) is 13.9. The van der Waals surface area contributed by atoms with Gasteiger partial charge >= 0.3 is 6.09 Å². The largest absolute Gasteiger partial charge is 0.491 e. The van der Waals surface area contributed by atoms with Crippen molar-refractivity contribution >= 4 is 46.6 Å². The lowest BCUT2D eigenvalue weighted by molar-refractivity contribution is -0.190. The second-order valence-electron chi connectivity index (χ2n) is 10.3. The molecule has 2 aliphatic rings. The van der Waals surface area contributed by atoms with Gasteiger partial charge in [0, 0.05) is 47.5 Å². The van der Waals surface area contributed by atoms with Gasteiger partial charge in [0.2, 0.25) is 5.79 Å². The number of rotatable bonds is 9. The molecule has 0 saturated carbocycles. The summed E-state index contributed by atoms with van der Waals surface area (Å²) in [5, 5.41) is 7.58. The van der Waals surface area contributed by atoms with Crippen molar-refractivity contribution in [3.05, 3.63) is 100 Å². The number of hydrogen-bond acceptors (Lipinski definition) is 9. The molecule has 11 nitrogen and oxygen atoms in total. The van der Waals surface area contributed by atoms with Crippen molar-refractivity contribution < 1.29 is 23.7 Å². The molecule has 0 spiro atoms.